The van der Waals surface area contributed by atoms with Gasteiger partial charge in [-0.2, -0.15) is 0 Å². The van der Waals surface area contributed by atoms with Gasteiger partial charge in [0.15, 0.2) is 0 Å². The zero-order chi connectivity index (χ0) is 12.4. The highest BCUT2D eigenvalue weighted by Gasteiger charge is 2.18. The Morgan fingerprint density at radius 1 is 1.47 bits per heavy atom. The molecule has 0 spiro atoms. The Labute approximate surface area is 104 Å². The Hall–Kier alpha value is -1.39. The van der Waals surface area contributed by atoms with Crippen LogP contribution in [-0.4, -0.2) is 16.6 Å². The fraction of sp³-hybridized carbons (Fsp3) is 0.250. The molecule has 1 atom stereocenters. The lowest BCUT2D eigenvalue weighted by Gasteiger charge is -2.17. The summed E-state index contributed by atoms with van der Waals surface area (Å²) in [7, 11) is 3.66. The van der Waals surface area contributed by atoms with Crippen molar-refractivity contribution in [2.45, 2.75) is 6.04 Å². The summed E-state index contributed by atoms with van der Waals surface area (Å²) < 4.78 is 15.7. The molecule has 1 aromatic heterocycles. The first kappa shape index (κ1) is 12.1. The molecule has 3 nitrogen and oxygen atoms in total. The first-order chi connectivity index (χ1) is 8.13. The lowest BCUT2D eigenvalue weighted by molar-refractivity contribution is 0.562. The molecule has 1 aromatic carbocycles. The van der Waals surface area contributed by atoms with E-state index < -0.39 is 0 Å². The van der Waals surface area contributed by atoms with Crippen LogP contribution in [0.4, 0.5) is 4.39 Å². The second-order valence-corrected chi connectivity index (χ2v) is 4.25. The number of hydrogen-bond donors (Lipinski definition) is 1. The molecule has 2 aromatic rings. The molecule has 0 saturated carbocycles. The highest BCUT2D eigenvalue weighted by atomic mass is 35.5. The van der Waals surface area contributed by atoms with Crippen LogP contribution in [0.25, 0.3) is 0 Å². The number of hydrogen-bond acceptors (Lipinski definition) is 2. The zero-order valence-corrected chi connectivity index (χ0v) is 10.4. The number of aromatic nitrogens is 2. The lowest BCUT2D eigenvalue weighted by atomic mass is 10.0. The Morgan fingerprint density at radius 2 is 2.24 bits per heavy atom. The largest absolute Gasteiger partial charge is 0.336 e. The van der Waals surface area contributed by atoms with Crippen molar-refractivity contribution in [2.24, 2.45) is 7.05 Å². The van der Waals surface area contributed by atoms with Crippen LogP contribution in [0.1, 0.15) is 17.3 Å². The zero-order valence-electron chi connectivity index (χ0n) is 9.61. The molecule has 2 rings (SSSR count). The van der Waals surface area contributed by atoms with E-state index in [4.69, 9.17) is 11.6 Å². The standard InChI is InChI=1S/C12H13ClFN3/c1-15-12(11-6-16-7-17(11)2)9-4-3-8(13)5-10(9)14/h3-7,12,15H,1-2H3. The van der Waals surface area contributed by atoms with Crippen LogP contribution >= 0.6 is 11.6 Å². The Balaban J connectivity index is 2.46. The molecule has 0 saturated heterocycles. The van der Waals surface area contributed by atoms with Crippen LogP contribution in [0, 0.1) is 5.82 Å². The average molecular weight is 254 g/mol. The predicted octanol–water partition coefficient (Wildman–Crippen LogP) is 2.52. The summed E-state index contributed by atoms with van der Waals surface area (Å²) in [5.74, 6) is -0.321. The van der Waals surface area contributed by atoms with Crippen molar-refractivity contribution < 1.29 is 4.39 Å². The van der Waals surface area contributed by atoms with Gasteiger partial charge in [-0.15, -0.1) is 0 Å². The van der Waals surface area contributed by atoms with Crippen LogP contribution in [-0.2, 0) is 7.05 Å². The van der Waals surface area contributed by atoms with Gasteiger partial charge in [-0.3, -0.25) is 0 Å². The average Bonchev–Trinajstić information content (AvgIpc) is 2.69. The van der Waals surface area contributed by atoms with Gasteiger partial charge < -0.3 is 9.88 Å². The molecule has 1 unspecified atom stereocenters. The topological polar surface area (TPSA) is 29.9 Å². The van der Waals surface area contributed by atoms with E-state index in [1.165, 1.54) is 6.07 Å². The maximum Gasteiger partial charge on any atom is 0.129 e. The SMILES string of the molecule is CNC(c1ccc(Cl)cc1F)c1cncn1C. The van der Waals surface area contributed by atoms with Crippen LogP contribution in [0.15, 0.2) is 30.7 Å². The van der Waals surface area contributed by atoms with Crippen LogP contribution in [0.2, 0.25) is 5.02 Å². The van der Waals surface area contributed by atoms with Crippen molar-refractivity contribution in [1.82, 2.24) is 14.9 Å². The lowest BCUT2D eigenvalue weighted by Crippen LogP contribution is -2.21. The monoisotopic (exact) mass is 253 g/mol. The molecule has 1 heterocycles. The summed E-state index contributed by atoms with van der Waals surface area (Å²) in [5, 5.41) is 3.47. The fourth-order valence-corrected chi connectivity index (χ4v) is 2.00. The molecular weight excluding hydrogens is 241 g/mol. The van der Waals surface area contributed by atoms with E-state index in [0.717, 1.165) is 5.69 Å². The molecule has 1 N–H and O–H groups in total. The van der Waals surface area contributed by atoms with Crippen molar-refractivity contribution in [1.29, 1.82) is 0 Å². The molecule has 0 aliphatic carbocycles. The molecule has 17 heavy (non-hydrogen) atoms. The van der Waals surface area contributed by atoms with Crippen LogP contribution in [0.5, 0.6) is 0 Å². The number of rotatable bonds is 3. The van der Waals surface area contributed by atoms with Gasteiger partial charge in [-0.1, -0.05) is 17.7 Å². The highest BCUT2D eigenvalue weighted by molar-refractivity contribution is 6.30. The maximum atomic E-state index is 13.9. The van der Waals surface area contributed by atoms with Crippen LogP contribution in [0.3, 0.4) is 0 Å². The van der Waals surface area contributed by atoms with Gasteiger partial charge in [0, 0.05) is 17.6 Å². The summed E-state index contributed by atoms with van der Waals surface area (Å²) in [6.07, 6.45) is 3.41. The summed E-state index contributed by atoms with van der Waals surface area (Å²) in [5.41, 5.74) is 1.45. The van der Waals surface area contributed by atoms with Gasteiger partial charge in [0.1, 0.15) is 5.82 Å². The number of imidazole rings is 1. The van der Waals surface area contributed by atoms with Crippen molar-refractivity contribution >= 4 is 11.6 Å². The minimum absolute atomic E-state index is 0.236. The molecule has 5 heteroatoms. The minimum Gasteiger partial charge on any atom is -0.336 e. The van der Waals surface area contributed by atoms with Crippen molar-refractivity contribution in [3.8, 4) is 0 Å². The summed E-state index contributed by atoms with van der Waals surface area (Å²) in [6.45, 7) is 0. The van der Waals surface area contributed by atoms with Gasteiger partial charge in [-0.25, -0.2) is 9.37 Å². The molecule has 0 aliphatic rings. The van der Waals surface area contributed by atoms with Crippen molar-refractivity contribution in [3.05, 3.63) is 52.8 Å². The molecule has 0 radical (unpaired) electrons. The van der Waals surface area contributed by atoms with E-state index in [9.17, 15) is 4.39 Å². The molecular formula is C12H13ClFN3. The highest BCUT2D eigenvalue weighted by Crippen LogP contribution is 2.25. The van der Waals surface area contributed by atoms with Crippen molar-refractivity contribution in [3.63, 3.8) is 0 Å². The fourth-order valence-electron chi connectivity index (χ4n) is 1.84. The smallest absolute Gasteiger partial charge is 0.129 e. The third-order valence-corrected chi connectivity index (χ3v) is 2.95. The van der Waals surface area contributed by atoms with Gasteiger partial charge in [0.05, 0.1) is 24.3 Å². The van der Waals surface area contributed by atoms with E-state index in [1.54, 1.807) is 31.7 Å². The third kappa shape index (κ3) is 2.33. The molecule has 0 bridgehead atoms. The number of nitrogens with one attached hydrogen (secondary N) is 1. The Morgan fingerprint density at radius 3 is 2.76 bits per heavy atom. The predicted molar refractivity (Wildman–Crippen MR) is 65.5 cm³/mol. The van der Waals surface area contributed by atoms with E-state index in [-0.39, 0.29) is 11.9 Å². The number of nitrogens with zero attached hydrogens (tertiary/aromatic N) is 2. The van der Waals surface area contributed by atoms with Crippen LogP contribution < -0.4 is 5.32 Å². The number of halogens is 2. The third-order valence-electron chi connectivity index (χ3n) is 2.71. The van der Waals surface area contributed by atoms with Gasteiger partial charge in [-0.05, 0) is 19.2 Å². The molecule has 0 fully saturated rings. The first-order valence-corrected chi connectivity index (χ1v) is 5.59. The Kier molecular flexibility index (Phi) is 3.45. The van der Waals surface area contributed by atoms with Gasteiger partial charge in [0.25, 0.3) is 0 Å². The molecule has 0 amide bonds. The number of aryl methyl sites for hydroxylation is 1. The summed E-state index contributed by atoms with van der Waals surface area (Å²) >= 11 is 5.74. The summed E-state index contributed by atoms with van der Waals surface area (Å²) in [6, 6.07) is 4.45. The van der Waals surface area contributed by atoms with Crippen molar-refractivity contribution in [2.75, 3.05) is 7.05 Å². The second-order valence-electron chi connectivity index (χ2n) is 3.82. The van der Waals surface area contributed by atoms with E-state index in [0.29, 0.717) is 10.6 Å². The Bertz CT molecular complexity index is 524. The van der Waals surface area contributed by atoms with E-state index in [1.807, 2.05) is 11.6 Å². The molecule has 90 valence electrons. The van der Waals surface area contributed by atoms with E-state index in [2.05, 4.69) is 10.3 Å². The normalized spacial score (nSPS) is 12.7. The minimum atomic E-state index is -0.321. The maximum absolute atomic E-state index is 13.9. The summed E-state index contributed by atoms with van der Waals surface area (Å²) in [4.78, 5) is 4.04. The van der Waals surface area contributed by atoms with Gasteiger partial charge >= 0.3 is 0 Å². The van der Waals surface area contributed by atoms with E-state index >= 15 is 0 Å². The molecule has 0 aliphatic heterocycles. The second kappa shape index (κ2) is 4.85. The number of benzene rings is 1. The first-order valence-electron chi connectivity index (χ1n) is 5.22. The van der Waals surface area contributed by atoms with Gasteiger partial charge in [0.2, 0.25) is 0 Å². The quantitative estimate of drug-likeness (QED) is 0.911.